The molecular formula is C8H18NO. The maximum atomic E-state index is 8.51. The SMILES string of the molecule is CCCCC(CCC)[N]O. The number of unbranched alkanes of at least 4 members (excludes halogenated alkanes) is 1. The summed E-state index contributed by atoms with van der Waals surface area (Å²) in [5, 5.41) is 8.51. The normalized spacial score (nSPS) is 13.5. The summed E-state index contributed by atoms with van der Waals surface area (Å²) < 4.78 is 0. The molecule has 1 N–H and O–H groups in total. The molecule has 10 heavy (non-hydrogen) atoms. The average molecular weight is 144 g/mol. The van der Waals surface area contributed by atoms with E-state index < -0.39 is 0 Å². The van der Waals surface area contributed by atoms with Crippen LogP contribution in [0.2, 0.25) is 0 Å². The lowest BCUT2D eigenvalue weighted by Gasteiger charge is -2.09. The van der Waals surface area contributed by atoms with Crippen LogP contribution in [0.3, 0.4) is 0 Å². The van der Waals surface area contributed by atoms with Gasteiger partial charge in [-0.2, -0.15) is 0 Å². The van der Waals surface area contributed by atoms with Gasteiger partial charge in [-0.1, -0.05) is 38.6 Å². The number of hydrogen-bond acceptors (Lipinski definition) is 1. The Hall–Kier alpha value is -0.0800. The molecule has 0 aromatic heterocycles. The van der Waals surface area contributed by atoms with E-state index in [1.807, 2.05) is 0 Å². The molecule has 0 aliphatic rings. The molecule has 0 amide bonds. The number of hydroxylamine groups is 1. The van der Waals surface area contributed by atoms with Gasteiger partial charge in [0.05, 0.1) is 6.04 Å². The summed E-state index contributed by atoms with van der Waals surface area (Å²) in [6.07, 6.45) is 5.54. The van der Waals surface area contributed by atoms with Crippen LogP contribution < -0.4 is 5.48 Å². The van der Waals surface area contributed by atoms with Crippen LogP contribution in [0.25, 0.3) is 0 Å². The van der Waals surface area contributed by atoms with Gasteiger partial charge in [-0.25, -0.2) is 0 Å². The standard InChI is InChI=1S/C8H18NO/c1-3-5-7-8(9-10)6-4-2/h8,10H,3-7H2,1-2H3. The van der Waals surface area contributed by atoms with Gasteiger partial charge in [0.1, 0.15) is 0 Å². The van der Waals surface area contributed by atoms with Crippen LogP contribution >= 0.6 is 0 Å². The first-order valence-electron chi connectivity index (χ1n) is 4.19. The summed E-state index contributed by atoms with van der Waals surface area (Å²) in [4.78, 5) is 0. The maximum Gasteiger partial charge on any atom is 0.0535 e. The van der Waals surface area contributed by atoms with E-state index in [1.165, 1.54) is 12.8 Å². The van der Waals surface area contributed by atoms with E-state index >= 15 is 0 Å². The molecule has 0 aromatic rings. The Morgan fingerprint density at radius 3 is 2.30 bits per heavy atom. The molecule has 0 rings (SSSR count). The van der Waals surface area contributed by atoms with E-state index in [4.69, 9.17) is 5.21 Å². The fourth-order valence-electron chi connectivity index (χ4n) is 1.03. The highest BCUT2D eigenvalue weighted by molar-refractivity contribution is 4.59. The second kappa shape index (κ2) is 7.03. The van der Waals surface area contributed by atoms with Crippen molar-refractivity contribution >= 4 is 0 Å². The second-order valence-corrected chi connectivity index (χ2v) is 2.70. The zero-order valence-electron chi connectivity index (χ0n) is 7.01. The number of rotatable bonds is 6. The van der Waals surface area contributed by atoms with Crippen molar-refractivity contribution in [2.24, 2.45) is 0 Å². The molecule has 0 spiro atoms. The molecule has 0 aliphatic carbocycles. The van der Waals surface area contributed by atoms with E-state index in [-0.39, 0.29) is 6.04 Å². The van der Waals surface area contributed by atoms with Crippen molar-refractivity contribution in [3.63, 3.8) is 0 Å². The first-order chi connectivity index (χ1) is 4.85. The van der Waals surface area contributed by atoms with E-state index in [0.29, 0.717) is 0 Å². The molecule has 0 saturated carbocycles. The smallest absolute Gasteiger partial charge is 0.0535 e. The Morgan fingerprint density at radius 2 is 1.90 bits per heavy atom. The van der Waals surface area contributed by atoms with Crippen molar-refractivity contribution in [2.45, 2.75) is 52.0 Å². The fourth-order valence-corrected chi connectivity index (χ4v) is 1.03. The Balaban J connectivity index is 3.21. The van der Waals surface area contributed by atoms with Crippen LogP contribution in [-0.2, 0) is 0 Å². The lowest BCUT2D eigenvalue weighted by Crippen LogP contribution is -2.18. The van der Waals surface area contributed by atoms with Gasteiger partial charge in [0.15, 0.2) is 0 Å². The van der Waals surface area contributed by atoms with Crippen molar-refractivity contribution in [3.05, 3.63) is 0 Å². The molecule has 1 unspecified atom stereocenters. The van der Waals surface area contributed by atoms with Crippen LogP contribution in [0, 0.1) is 0 Å². The largest absolute Gasteiger partial charge is 0.297 e. The van der Waals surface area contributed by atoms with Gasteiger partial charge in [-0.05, 0) is 12.8 Å². The molecule has 0 bridgehead atoms. The van der Waals surface area contributed by atoms with Gasteiger partial charge >= 0.3 is 0 Å². The van der Waals surface area contributed by atoms with Crippen LogP contribution in [0.5, 0.6) is 0 Å². The molecule has 0 aromatic carbocycles. The highest BCUT2D eigenvalue weighted by Crippen LogP contribution is 2.06. The van der Waals surface area contributed by atoms with Crippen LogP contribution in [0.15, 0.2) is 0 Å². The summed E-state index contributed by atoms with van der Waals surface area (Å²) >= 11 is 0. The molecule has 1 atom stereocenters. The van der Waals surface area contributed by atoms with Crippen LogP contribution in [0.4, 0.5) is 0 Å². The van der Waals surface area contributed by atoms with Crippen molar-refractivity contribution < 1.29 is 5.21 Å². The molecule has 61 valence electrons. The van der Waals surface area contributed by atoms with Crippen molar-refractivity contribution in [1.29, 1.82) is 0 Å². The molecule has 2 nitrogen and oxygen atoms in total. The van der Waals surface area contributed by atoms with Crippen LogP contribution in [0.1, 0.15) is 46.0 Å². The van der Waals surface area contributed by atoms with E-state index in [2.05, 4.69) is 19.3 Å². The van der Waals surface area contributed by atoms with Gasteiger partial charge in [0, 0.05) is 0 Å². The third-order valence-corrected chi connectivity index (χ3v) is 1.68. The van der Waals surface area contributed by atoms with Gasteiger partial charge in [-0.15, -0.1) is 0 Å². The molecule has 0 heterocycles. The van der Waals surface area contributed by atoms with E-state index in [1.54, 1.807) is 0 Å². The quantitative estimate of drug-likeness (QED) is 0.570. The lowest BCUT2D eigenvalue weighted by atomic mass is 10.1. The monoisotopic (exact) mass is 144 g/mol. The highest BCUT2D eigenvalue weighted by Gasteiger charge is 2.05. The summed E-state index contributed by atoms with van der Waals surface area (Å²) in [6.45, 7) is 4.27. The summed E-state index contributed by atoms with van der Waals surface area (Å²) in [5.74, 6) is 0. The maximum absolute atomic E-state index is 8.51. The molecule has 0 fully saturated rings. The summed E-state index contributed by atoms with van der Waals surface area (Å²) in [6, 6.07) is 0.199. The van der Waals surface area contributed by atoms with Gasteiger partial charge in [0.2, 0.25) is 0 Å². The highest BCUT2D eigenvalue weighted by atomic mass is 16.5. The zero-order chi connectivity index (χ0) is 7.82. The predicted molar refractivity (Wildman–Crippen MR) is 42.1 cm³/mol. The minimum absolute atomic E-state index is 0.199. The molecule has 1 radical (unpaired) electrons. The van der Waals surface area contributed by atoms with Crippen LogP contribution in [-0.4, -0.2) is 11.2 Å². The number of nitrogens with zero attached hydrogens (tertiary/aromatic N) is 1. The lowest BCUT2D eigenvalue weighted by molar-refractivity contribution is 0.105. The van der Waals surface area contributed by atoms with Gasteiger partial charge in [0.25, 0.3) is 0 Å². The van der Waals surface area contributed by atoms with E-state index in [0.717, 1.165) is 19.3 Å². The third kappa shape index (κ3) is 4.77. The molecule has 0 saturated heterocycles. The van der Waals surface area contributed by atoms with E-state index in [9.17, 15) is 0 Å². The van der Waals surface area contributed by atoms with Crippen molar-refractivity contribution in [2.75, 3.05) is 0 Å². The molecule has 0 aliphatic heterocycles. The van der Waals surface area contributed by atoms with Crippen molar-refractivity contribution in [1.82, 2.24) is 5.48 Å². The van der Waals surface area contributed by atoms with Gasteiger partial charge in [-0.3, -0.25) is 5.21 Å². The average Bonchev–Trinajstić information content (AvgIpc) is 1.98. The minimum Gasteiger partial charge on any atom is -0.297 e. The minimum atomic E-state index is 0.199. The molecular weight excluding hydrogens is 126 g/mol. The topological polar surface area (TPSA) is 34.3 Å². The summed E-state index contributed by atoms with van der Waals surface area (Å²) in [5.41, 5.74) is 3.32. The zero-order valence-corrected chi connectivity index (χ0v) is 7.01. The third-order valence-electron chi connectivity index (χ3n) is 1.68. The summed E-state index contributed by atoms with van der Waals surface area (Å²) in [7, 11) is 0. The van der Waals surface area contributed by atoms with Crippen molar-refractivity contribution in [3.8, 4) is 0 Å². The predicted octanol–water partition coefficient (Wildman–Crippen LogP) is 2.34. The van der Waals surface area contributed by atoms with Gasteiger partial charge < -0.3 is 0 Å². The first kappa shape index (κ1) is 9.92. The Morgan fingerprint density at radius 1 is 1.20 bits per heavy atom. The number of hydrogen-bond donors (Lipinski definition) is 1. The fraction of sp³-hybridized carbons (Fsp3) is 1.00. The Labute approximate surface area is 63.6 Å². The molecule has 2 heteroatoms. The second-order valence-electron chi connectivity index (χ2n) is 2.70. The Kier molecular flexibility index (Phi) is 6.98. The first-order valence-corrected chi connectivity index (χ1v) is 4.19. The Bertz CT molecular complexity index is 66.3.